The van der Waals surface area contributed by atoms with Crippen LogP contribution in [0.1, 0.15) is 21.5 Å². The van der Waals surface area contributed by atoms with Crippen LogP contribution in [0, 0.1) is 6.92 Å². The lowest BCUT2D eigenvalue weighted by molar-refractivity contribution is 0.103. The summed E-state index contributed by atoms with van der Waals surface area (Å²) in [5.41, 5.74) is 2.63. The van der Waals surface area contributed by atoms with Crippen molar-refractivity contribution in [1.82, 2.24) is 0 Å². The van der Waals surface area contributed by atoms with E-state index in [1.54, 1.807) is 24.3 Å². The molecule has 2 aromatic rings. The van der Waals surface area contributed by atoms with Gasteiger partial charge in [0.15, 0.2) is 5.78 Å². The molecule has 0 fully saturated rings. The van der Waals surface area contributed by atoms with Crippen LogP contribution in [0.3, 0.4) is 0 Å². The fourth-order valence-corrected chi connectivity index (χ4v) is 3.04. The van der Waals surface area contributed by atoms with Gasteiger partial charge in [-0.3, -0.25) is 9.52 Å². The summed E-state index contributed by atoms with van der Waals surface area (Å²) in [5, 5.41) is 3.74. The topological polar surface area (TPSA) is 63.2 Å². The Balaban J connectivity index is 2.24. The van der Waals surface area contributed by atoms with Gasteiger partial charge in [-0.25, -0.2) is 8.42 Å². The van der Waals surface area contributed by atoms with Crippen molar-refractivity contribution in [3.05, 3.63) is 51.7 Å². The van der Waals surface area contributed by atoms with Gasteiger partial charge in [-0.05, 0) is 42.1 Å². The van der Waals surface area contributed by atoms with Crippen LogP contribution in [-0.4, -0.2) is 20.5 Å². The Morgan fingerprint density at radius 2 is 1.79 bits per heavy atom. The molecule has 4 nitrogen and oxygen atoms in total. The van der Waals surface area contributed by atoms with Gasteiger partial charge < -0.3 is 0 Å². The van der Waals surface area contributed by atoms with Crippen LogP contribution in [-0.2, 0) is 10.0 Å². The predicted molar refractivity (Wildman–Crippen MR) is 77.4 cm³/mol. The van der Waals surface area contributed by atoms with E-state index < -0.39 is 10.0 Å². The van der Waals surface area contributed by atoms with Gasteiger partial charge in [0.2, 0.25) is 10.0 Å². The molecule has 0 aliphatic rings. The van der Waals surface area contributed by atoms with Crippen LogP contribution in [0.25, 0.3) is 0 Å². The van der Waals surface area contributed by atoms with Crippen molar-refractivity contribution in [3.8, 4) is 0 Å². The Labute approximate surface area is 116 Å². The third-order valence-electron chi connectivity index (χ3n) is 2.55. The summed E-state index contributed by atoms with van der Waals surface area (Å²) in [6, 6.07) is 6.39. The highest BCUT2D eigenvalue weighted by atomic mass is 32.2. The number of hydrogen-bond acceptors (Lipinski definition) is 4. The van der Waals surface area contributed by atoms with Crippen molar-refractivity contribution in [3.63, 3.8) is 0 Å². The summed E-state index contributed by atoms with van der Waals surface area (Å²) in [5.74, 6) is -0.0512. The third kappa shape index (κ3) is 3.42. The first-order valence-corrected chi connectivity index (χ1v) is 8.35. The van der Waals surface area contributed by atoms with Crippen LogP contribution in [0.2, 0.25) is 0 Å². The number of carbonyl (C=O) groups excluding carboxylic acids is 1. The summed E-state index contributed by atoms with van der Waals surface area (Å²) in [6.07, 6.45) is 1.08. The molecule has 1 aromatic carbocycles. The van der Waals surface area contributed by atoms with Crippen molar-refractivity contribution in [2.24, 2.45) is 0 Å². The Hall–Kier alpha value is -1.66. The van der Waals surface area contributed by atoms with Crippen molar-refractivity contribution in [2.75, 3.05) is 11.0 Å². The molecule has 6 heteroatoms. The lowest BCUT2D eigenvalue weighted by Gasteiger charge is -2.05. The molecule has 1 heterocycles. The fraction of sp³-hybridized carbons (Fsp3) is 0.154. The second-order valence-corrected chi connectivity index (χ2v) is 6.74. The first-order valence-electron chi connectivity index (χ1n) is 5.52. The quantitative estimate of drug-likeness (QED) is 0.882. The number of aryl methyl sites for hydroxylation is 1. The number of ketones is 1. The first-order chi connectivity index (χ1) is 8.87. The molecule has 0 aliphatic carbocycles. The molecule has 1 aromatic heterocycles. The van der Waals surface area contributed by atoms with Crippen molar-refractivity contribution in [1.29, 1.82) is 0 Å². The van der Waals surface area contributed by atoms with Gasteiger partial charge in [0.05, 0.1) is 6.26 Å². The SMILES string of the molecule is Cc1cscc1C(=O)c1ccc(NS(C)(=O)=O)cc1. The highest BCUT2D eigenvalue weighted by molar-refractivity contribution is 7.92. The van der Waals surface area contributed by atoms with Gasteiger partial charge in [-0.1, -0.05) is 0 Å². The van der Waals surface area contributed by atoms with E-state index in [2.05, 4.69) is 4.72 Å². The average Bonchev–Trinajstić information content (AvgIpc) is 2.73. The molecule has 0 amide bonds. The second kappa shape index (κ2) is 5.14. The molecule has 100 valence electrons. The van der Waals surface area contributed by atoms with Gasteiger partial charge in [0.1, 0.15) is 0 Å². The fourth-order valence-electron chi connectivity index (χ4n) is 1.65. The number of sulfonamides is 1. The molecule has 0 bridgehead atoms. The Bertz CT molecular complexity index is 700. The smallest absolute Gasteiger partial charge is 0.229 e. The maximum Gasteiger partial charge on any atom is 0.229 e. The number of benzene rings is 1. The van der Waals surface area contributed by atoms with E-state index in [-0.39, 0.29) is 5.78 Å². The van der Waals surface area contributed by atoms with Crippen LogP contribution in [0.4, 0.5) is 5.69 Å². The minimum absolute atomic E-state index is 0.0512. The van der Waals surface area contributed by atoms with E-state index in [0.29, 0.717) is 16.8 Å². The number of carbonyl (C=O) groups is 1. The van der Waals surface area contributed by atoms with E-state index in [4.69, 9.17) is 0 Å². The summed E-state index contributed by atoms with van der Waals surface area (Å²) in [6.45, 7) is 1.89. The Morgan fingerprint density at radius 1 is 1.16 bits per heavy atom. The normalized spacial score (nSPS) is 11.3. The van der Waals surface area contributed by atoms with Crippen LogP contribution in [0.15, 0.2) is 35.0 Å². The van der Waals surface area contributed by atoms with Crippen molar-refractivity contribution < 1.29 is 13.2 Å². The molecule has 0 unspecified atom stereocenters. The average molecular weight is 295 g/mol. The zero-order valence-electron chi connectivity index (χ0n) is 10.5. The van der Waals surface area contributed by atoms with Gasteiger partial charge in [-0.2, -0.15) is 11.3 Å². The third-order valence-corrected chi connectivity index (χ3v) is 4.02. The number of thiophene rings is 1. The molecule has 0 aliphatic heterocycles. The molecule has 0 radical (unpaired) electrons. The zero-order valence-corrected chi connectivity index (χ0v) is 12.1. The van der Waals surface area contributed by atoms with Crippen LogP contribution < -0.4 is 4.72 Å². The van der Waals surface area contributed by atoms with Crippen LogP contribution >= 0.6 is 11.3 Å². The molecular formula is C13H13NO3S2. The molecule has 0 saturated heterocycles. The second-order valence-electron chi connectivity index (χ2n) is 4.25. The van der Waals surface area contributed by atoms with Gasteiger partial charge in [0.25, 0.3) is 0 Å². The molecule has 19 heavy (non-hydrogen) atoms. The van der Waals surface area contributed by atoms with E-state index in [1.165, 1.54) is 11.3 Å². The molecule has 0 spiro atoms. The molecule has 0 saturated carbocycles. The minimum Gasteiger partial charge on any atom is -0.289 e. The van der Waals surface area contributed by atoms with Gasteiger partial charge >= 0.3 is 0 Å². The monoisotopic (exact) mass is 295 g/mol. The lowest BCUT2D eigenvalue weighted by Crippen LogP contribution is -2.09. The standard InChI is InChI=1S/C13H13NO3S2/c1-9-7-18-8-12(9)13(15)10-3-5-11(6-4-10)14-19(2,16)17/h3-8,14H,1-2H3. The van der Waals surface area contributed by atoms with Crippen molar-refractivity contribution in [2.45, 2.75) is 6.92 Å². The molecular weight excluding hydrogens is 282 g/mol. The largest absolute Gasteiger partial charge is 0.289 e. The summed E-state index contributed by atoms with van der Waals surface area (Å²) in [4.78, 5) is 12.2. The minimum atomic E-state index is -3.29. The predicted octanol–water partition coefficient (Wildman–Crippen LogP) is 2.66. The summed E-state index contributed by atoms with van der Waals surface area (Å²) in [7, 11) is -3.29. The zero-order chi connectivity index (χ0) is 14.0. The molecule has 0 atom stereocenters. The first kappa shape index (κ1) is 13.8. The highest BCUT2D eigenvalue weighted by Crippen LogP contribution is 2.19. The van der Waals surface area contributed by atoms with E-state index >= 15 is 0 Å². The Morgan fingerprint density at radius 3 is 2.26 bits per heavy atom. The van der Waals surface area contributed by atoms with Crippen LogP contribution in [0.5, 0.6) is 0 Å². The van der Waals surface area contributed by atoms with E-state index in [1.807, 2.05) is 17.7 Å². The van der Waals surface area contributed by atoms with E-state index in [9.17, 15) is 13.2 Å². The number of hydrogen-bond donors (Lipinski definition) is 1. The maximum atomic E-state index is 12.2. The number of anilines is 1. The lowest BCUT2D eigenvalue weighted by atomic mass is 10.0. The summed E-state index contributed by atoms with van der Waals surface area (Å²) < 4.78 is 24.5. The van der Waals surface area contributed by atoms with Gasteiger partial charge in [0, 0.05) is 22.2 Å². The van der Waals surface area contributed by atoms with Crippen molar-refractivity contribution >= 4 is 32.8 Å². The summed E-state index contributed by atoms with van der Waals surface area (Å²) >= 11 is 1.49. The Kier molecular flexibility index (Phi) is 3.73. The van der Waals surface area contributed by atoms with E-state index in [0.717, 1.165) is 11.8 Å². The highest BCUT2D eigenvalue weighted by Gasteiger charge is 2.12. The molecule has 2 rings (SSSR count). The number of rotatable bonds is 4. The maximum absolute atomic E-state index is 12.2. The van der Waals surface area contributed by atoms with Gasteiger partial charge in [-0.15, -0.1) is 0 Å². The molecule has 1 N–H and O–H groups in total. The number of nitrogens with one attached hydrogen (secondary N) is 1.